The van der Waals surface area contributed by atoms with Crippen LogP contribution >= 0.6 is 11.8 Å². The SMILES string of the molecule is O=C(NCC1CCSC1)NC1CC1. The highest BCUT2D eigenvalue weighted by Crippen LogP contribution is 2.22. The Labute approximate surface area is 83.0 Å². The molecule has 2 N–H and O–H groups in total. The van der Waals surface area contributed by atoms with Crippen LogP contribution in [0.3, 0.4) is 0 Å². The maximum absolute atomic E-state index is 11.2. The quantitative estimate of drug-likeness (QED) is 0.719. The molecule has 1 aliphatic carbocycles. The number of amides is 2. The first-order valence-electron chi connectivity index (χ1n) is 4.96. The van der Waals surface area contributed by atoms with Gasteiger partial charge in [0.1, 0.15) is 0 Å². The molecule has 2 rings (SSSR count). The number of carbonyl (C=O) groups excluding carboxylic acids is 1. The molecule has 2 fully saturated rings. The van der Waals surface area contributed by atoms with E-state index in [0.717, 1.165) is 19.4 Å². The zero-order valence-electron chi connectivity index (χ0n) is 7.71. The van der Waals surface area contributed by atoms with E-state index in [1.807, 2.05) is 11.8 Å². The zero-order valence-corrected chi connectivity index (χ0v) is 8.53. The van der Waals surface area contributed by atoms with Gasteiger partial charge in [-0.15, -0.1) is 0 Å². The number of hydrogen-bond acceptors (Lipinski definition) is 2. The molecule has 0 aromatic rings. The maximum Gasteiger partial charge on any atom is 0.315 e. The van der Waals surface area contributed by atoms with Gasteiger partial charge in [-0.1, -0.05) is 0 Å². The lowest BCUT2D eigenvalue weighted by atomic mass is 10.1. The highest BCUT2D eigenvalue weighted by Gasteiger charge is 2.23. The third-order valence-electron chi connectivity index (χ3n) is 2.49. The third kappa shape index (κ3) is 3.10. The van der Waals surface area contributed by atoms with Crippen molar-refractivity contribution in [1.29, 1.82) is 0 Å². The summed E-state index contributed by atoms with van der Waals surface area (Å²) in [7, 11) is 0. The van der Waals surface area contributed by atoms with Gasteiger partial charge in [-0.25, -0.2) is 4.79 Å². The summed E-state index contributed by atoms with van der Waals surface area (Å²) in [5, 5.41) is 5.85. The van der Waals surface area contributed by atoms with Gasteiger partial charge in [-0.3, -0.25) is 0 Å². The molecule has 13 heavy (non-hydrogen) atoms. The molecule has 0 bridgehead atoms. The lowest BCUT2D eigenvalue weighted by Gasteiger charge is -2.10. The van der Waals surface area contributed by atoms with Crippen LogP contribution in [0.15, 0.2) is 0 Å². The summed E-state index contributed by atoms with van der Waals surface area (Å²) in [4.78, 5) is 11.2. The number of hydrogen-bond donors (Lipinski definition) is 2. The molecule has 1 heterocycles. The molecular weight excluding hydrogens is 184 g/mol. The van der Waals surface area contributed by atoms with Crippen LogP contribution in [-0.4, -0.2) is 30.1 Å². The molecule has 4 heteroatoms. The number of urea groups is 1. The third-order valence-corrected chi connectivity index (χ3v) is 3.72. The van der Waals surface area contributed by atoms with Crippen molar-refractivity contribution in [3.63, 3.8) is 0 Å². The Bertz CT molecular complexity index is 188. The van der Waals surface area contributed by atoms with Gasteiger partial charge in [0.15, 0.2) is 0 Å². The van der Waals surface area contributed by atoms with Crippen LogP contribution in [0.2, 0.25) is 0 Å². The monoisotopic (exact) mass is 200 g/mol. The molecule has 0 aromatic heterocycles. The largest absolute Gasteiger partial charge is 0.338 e. The van der Waals surface area contributed by atoms with Crippen molar-refractivity contribution in [2.45, 2.75) is 25.3 Å². The summed E-state index contributed by atoms with van der Waals surface area (Å²) in [6, 6.07) is 0.498. The Balaban J connectivity index is 1.57. The minimum atomic E-state index is 0.0272. The average Bonchev–Trinajstić information content (AvgIpc) is 2.78. The summed E-state index contributed by atoms with van der Waals surface area (Å²) in [5.74, 6) is 3.18. The second kappa shape index (κ2) is 4.22. The first kappa shape index (κ1) is 9.19. The highest BCUT2D eigenvalue weighted by molar-refractivity contribution is 7.99. The summed E-state index contributed by atoms with van der Waals surface area (Å²) < 4.78 is 0. The molecule has 1 aliphatic heterocycles. The van der Waals surface area contributed by atoms with E-state index in [9.17, 15) is 4.79 Å². The molecule has 1 saturated carbocycles. The number of rotatable bonds is 3. The Morgan fingerprint density at radius 1 is 1.38 bits per heavy atom. The lowest BCUT2D eigenvalue weighted by molar-refractivity contribution is 0.239. The fraction of sp³-hybridized carbons (Fsp3) is 0.889. The number of nitrogens with one attached hydrogen (secondary N) is 2. The van der Waals surface area contributed by atoms with E-state index >= 15 is 0 Å². The second-order valence-electron chi connectivity index (χ2n) is 3.86. The minimum Gasteiger partial charge on any atom is -0.338 e. The number of thioether (sulfide) groups is 1. The van der Waals surface area contributed by atoms with Crippen LogP contribution in [-0.2, 0) is 0 Å². The van der Waals surface area contributed by atoms with Gasteiger partial charge >= 0.3 is 6.03 Å². The molecule has 0 aromatic carbocycles. The zero-order chi connectivity index (χ0) is 9.10. The van der Waals surface area contributed by atoms with Gasteiger partial charge < -0.3 is 10.6 Å². The first-order valence-corrected chi connectivity index (χ1v) is 6.12. The molecule has 1 unspecified atom stereocenters. The fourth-order valence-electron chi connectivity index (χ4n) is 1.45. The first-order chi connectivity index (χ1) is 6.34. The van der Waals surface area contributed by atoms with Crippen molar-refractivity contribution >= 4 is 17.8 Å². The van der Waals surface area contributed by atoms with Gasteiger partial charge in [-0.05, 0) is 36.7 Å². The van der Waals surface area contributed by atoms with Crippen molar-refractivity contribution in [3.8, 4) is 0 Å². The lowest BCUT2D eigenvalue weighted by Crippen LogP contribution is -2.39. The van der Waals surface area contributed by atoms with Crippen molar-refractivity contribution < 1.29 is 4.79 Å². The Morgan fingerprint density at radius 2 is 2.23 bits per heavy atom. The molecular formula is C9H16N2OS. The van der Waals surface area contributed by atoms with Gasteiger partial charge in [0, 0.05) is 12.6 Å². The molecule has 1 atom stereocenters. The Hall–Kier alpha value is -0.380. The Morgan fingerprint density at radius 3 is 2.85 bits per heavy atom. The van der Waals surface area contributed by atoms with Gasteiger partial charge in [-0.2, -0.15) is 11.8 Å². The predicted octanol–water partition coefficient (Wildman–Crippen LogP) is 1.20. The standard InChI is InChI=1S/C9H16N2OS/c12-9(11-8-1-2-8)10-5-7-3-4-13-6-7/h7-8H,1-6H2,(H2,10,11,12). The van der Waals surface area contributed by atoms with Crippen LogP contribution < -0.4 is 10.6 Å². The summed E-state index contributed by atoms with van der Waals surface area (Å²) in [6.45, 7) is 0.853. The van der Waals surface area contributed by atoms with Crippen LogP contribution in [0.5, 0.6) is 0 Å². The normalized spacial score (nSPS) is 27.2. The van der Waals surface area contributed by atoms with Gasteiger partial charge in [0.05, 0.1) is 0 Å². The molecule has 1 saturated heterocycles. The van der Waals surface area contributed by atoms with Gasteiger partial charge in [0.2, 0.25) is 0 Å². The van der Waals surface area contributed by atoms with Crippen molar-refractivity contribution in [1.82, 2.24) is 10.6 Å². The van der Waals surface area contributed by atoms with Crippen LogP contribution in [0.4, 0.5) is 4.79 Å². The van der Waals surface area contributed by atoms with E-state index in [1.165, 1.54) is 17.9 Å². The molecule has 74 valence electrons. The predicted molar refractivity (Wildman–Crippen MR) is 55.0 cm³/mol. The van der Waals surface area contributed by atoms with E-state index in [1.54, 1.807) is 0 Å². The molecule has 2 amide bonds. The second-order valence-corrected chi connectivity index (χ2v) is 5.01. The van der Waals surface area contributed by atoms with Crippen LogP contribution in [0, 0.1) is 5.92 Å². The Kier molecular flexibility index (Phi) is 2.98. The topological polar surface area (TPSA) is 41.1 Å². The summed E-state index contributed by atoms with van der Waals surface area (Å²) in [5.41, 5.74) is 0. The van der Waals surface area contributed by atoms with E-state index in [0.29, 0.717) is 12.0 Å². The smallest absolute Gasteiger partial charge is 0.315 e. The van der Waals surface area contributed by atoms with E-state index in [2.05, 4.69) is 10.6 Å². The summed E-state index contributed by atoms with van der Waals surface area (Å²) >= 11 is 1.99. The summed E-state index contributed by atoms with van der Waals surface area (Å²) in [6.07, 6.45) is 3.58. The molecule has 3 nitrogen and oxygen atoms in total. The van der Waals surface area contributed by atoms with Gasteiger partial charge in [0.25, 0.3) is 0 Å². The molecule has 0 radical (unpaired) electrons. The van der Waals surface area contributed by atoms with Crippen molar-refractivity contribution in [3.05, 3.63) is 0 Å². The number of carbonyl (C=O) groups is 1. The highest BCUT2D eigenvalue weighted by atomic mass is 32.2. The molecule has 2 aliphatic rings. The van der Waals surface area contributed by atoms with Crippen LogP contribution in [0.1, 0.15) is 19.3 Å². The maximum atomic E-state index is 11.2. The van der Waals surface area contributed by atoms with E-state index < -0.39 is 0 Å². The average molecular weight is 200 g/mol. The minimum absolute atomic E-state index is 0.0272. The molecule has 0 spiro atoms. The van der Waals surface area contributed by atoms with Crippen molar-refractivity contribution in [2.75, 3.05) is 18.1 Å². The fourth-order valence-corrected chi connectivity index (χ4v) is 2.73. The van der Waals surface area contributed by atoms with Crippen molar-refractivity contribution in [2.24, 2.45) is 5.92 Å². The van der Waals surface area contributed by atoms with E-state index in [-0.39, 0.29) is 6.03 Å². The van der Waals surface area contributed by atoms with E-state index in [4.69, 9.17) is 0 Å². The van der Waals surface area contributed by atoms with Crippen LogP contribution in [0.25, 0.3) is 0 Å².